The Morgan fingerprint density at radius 1 is 1.19 bits per heavy atom. The van der Waals surface area contributed by atoms with Crippen molar-refractivity contribution >= 4 is 11.9 Å². The van der Waals surface area contributed by atoms with Gasteiger partial charge in [-0.25, -0.2) is 4.79 Å². The molecular weight excluding hydrogens is 546 g/mol. The maximum Gasteiger partial charge on any atom is 0.328 e. The van der Waals surface area contributed by atoms with Crippen LogP contribution >= 0.6 is 0 Å². The van der Waals surface area contributed by atoms with Crippen LogP contribution in [0.2, 0.25) is 0 Å². The molecule has 0 aromatic rings. The first kappa shape index (κ1) is 36.1. The van der Waals surface area contributed by atoms with Gasteiger partial charge in [0.25, 0.3) is 5.91 Å². The lowest BCUT2D eigenvalue weighted by Crippen LogP contribution is -2.62. The van der Waals surface area contributed by atoms with Crippen LogP contribution in [0.4, 0.5) is 0 Å². The Morgan fingerprint density at radius 2 is 1.88 bits per heavy atom. The van der Waals surface area contributed by atoms with Gasteiger partial charge in [-0.3, -0.25) is 4.79 Å². The van der Waals surface area contributed by atoms with Gasteiger partial charge in [0.1, 0.15) is 6.10 Å². The van der Waals surface area contributed by atoms with Crippen LogP contribution in [0.1, 0.15) is 66.2 Å². The lowest BCUT2D eigenvalue weighted by Gasteiger charge is -2.49. The van der Waals surface area contributed by atoms with E-state index in [0.717, 1.165) is 11.6 Å². The van der Waals surface area contributed by atoms with Crippen molar-refractivity contribution < 1.29 is 48.6 Å². The summed E-state index contributed by atoms with van der Waals surface area (Å²) < 4.78 is 29.5. The highest BCUT2D eigenvalue weighted by atomic mass is 16.7. The fraction of sp³-hybridized carbons (Fsp3) is 0.742. The average molecular weight is 598 g/mol. The van der Waals surface area contributed by atoms with Crippen molar-refractivity contribution in [2.24, 2.45) is 11.3 Å². The van der Waals surface area contributed by atoms with Crippen LogP contribution in [-0.4, -0.2) is 97.2 Å². The molecule has 0 saturated carbocycles. The number of aliphatic carboxylic acids is 1. The van der Waals surface area contributed by atoms with E-state index in [4.69, 9.17) is 28.8 Å². The molecule has 240 valence electrons. The Balaban J connectivity index is 2.07. The molecule has 0 aromatic heterocycles. The number of unbranched alkanes of at least 4 members (excludes halogenated alkanes) is 1. The zero-order valence-corrected chi connectivity index (χ0v) is 26.1. The first-order chi connectivity index (χ1) is 19.7. The highest BCUT2D eigenvalue weighted by Gasteiger charge is 2.51. The van der Waals surface area contributed by atoms with Gasteiger partial charge < -0.3 is 44.3 Å². The van der Waals surface area contributed by atoms with Gasteiger partial charge in [0, 0.05) is 58.0 Å². The van der Waals surface area contributed by atoms with E-state index in [9.17, 15) is 19.8 Å². The number of carbonyl (C=O) groups excluding carboxylic acids is 1. The minimum atomic E-state index is -1.66. The van der Waals surface area contributed by atoms with Crippen LogP contribution in [0.15, 0.2) is 36.5 Å². The number of aliphatic hydroxyl groups excluding tert-OH is 2. The summed E-state index contributed by atoms with van der Waals surface area (Å²) in [7, 11) is 4.45. The van der Waals surface area contributed by atoms with Crippen molar-refractivity contribution in [2.75, 3.05) is 21.3 Å². The minimum Gasteiger partial charge on any atom is -0.478 e. The van der Waals surface area contributed by atoms with Crippen molar-refractivity contribution in [1.29, 1.82) is 0 Å². The van der Waals surface area contributed by atoms with Gasteiger partial charge in [-0.2, -0.15) is 0 Å². The monoisotopic (exact) mass is 597 g/mol. The molecular formula is C31H51NO10. The predicted octanol–water partition coefficient (Wildman–Crippen LogP) is 3.10. The normalized spacial score (nSPS) is 32.1. The summed E-state index contributed by atoms with van der Waals surface area (Å²) in [5.74, 6) is -3.27. The minimum absolute atomic E-state index is 0.0462. The van der Waals surface area contributed by atoms with E-state index in [0.29, 0.717) is 32.1 Å². The Bertz CT molecular complexity index is 965. The molecule has 11 heteroatoms. The molecule has 0 aliphatic carbocycles. The summed E-state index contributed by atoms with van der Waals surface area (Å²) in [4.78, 5) is 23.8. The molecule has 2 rings (SSSR count). The smallest absolute Gasteiger partial charge is 0.328 e. The summed E-state index contributed by atoms with van der Waals surface area (Å²) in [6, 6.07) is 0. The molecule has 0 aromatic carbocycles. The second kappa shape index (κ2) is 16.1. The molecule has 0 radical (unpaired) electrons. The van der Waals surface area contributed by atoms with Gasteiger partial charge in [0.15, 0.2) is 12.3 Å². The van der Waals surface area contributed by atoms with Crippen molar-refractivity contribution in [3.63, 3.8) is 0 Å². The van der Waals surface area contributed by atoms with Gasteiger partial charge in [-0.1, -0.05) is 51.2 Å². The number of hydrogen-bond acceptors (Lipinski definition) is 9. The molecule has 2 heterocycles. The molecule has 1 unspecified atom stereocenters. The largest absolute Gasteiger partial charge is 0.478 e. The van der Waals surface area contributed by atoms with Gasteiger partial charge in [0.2, 0.25) is 5.79 Å². The molecule has 2 aliphatic heterocycles. The molecule has 0 spiro atoms. The zero-order valence-electron chi connectivity index (χ0n) is 26.1. The van der Waals surface area contributed by atoms with Crippen molar-refractivity contribution in [3.05, 3.63) is 36.5 Å². The fourth-order valence-electron chi connectivity index (χ4n) is 5.65. The van der Waals surface area contributed by atoms with Gasteiger partial charge >= 0.3 is 5.97 Å². The molecule has 11 nitrogen and oxygen atoms in total. The average Bonchev–Trinajstić information content (AvgIpc) is 2.94. The van der Waals surface area contributed by atoms with E-state index in [1.807, 2.05) is 33.8 Å². The highest BCUT2D eigenvalue weighted by molar-refractivity contribution is 5.82. The number of carboxylic acid groups (broad SMARTS) is 1. The number of nitrogens with one attached hydrogen (secondary N) is 1. The van der Waals surface area contributed by atoms with Crippen LogP contribution < -0.4 is 5.32 Å². The quantitative estimate of drug-likeness (QED) is 0.0728. The number of carbonyl (C=O) groups is 2. The molecule has 0 bridgehead atoms. The molecule has 9 atom stereocenters. The number of ether oxygens (including phenoxy) is 5. The second-order valence-electron chi connectivity index (χ2n) is 11.9. The van der Waals surface area contributed by atoms with Crippen molar-refractivity contribution in [1.82, 2.24) is 5.32 Å². The standard InChI is InChI=1S/C31H51NO10/c1-19-18-31(40-8,42-21(3)20(19)2)27(36)28(37)32-29(39-7)23-17-24(38-6)30(4,5)25(41-23)16-22(33)14-12-10-9-11-13-15-26(34)35/h9,11,13,15,20-25,27,29,33,36H,1,10,12,14,16-18H2,2-8H3,(H,32,37)(H,34,35)/b11-9+,15-13+/t20-,21-,22?,23+,24-,25-,27-,29-,31-/m1/s1. The summed E-state index contributed by atoms with van der Waals surface area (Å²) >= 11 is 0. The molecule has 2 fully saturated rings. The molecule has 2 saturated heterocycles. The predicted molar refractivity (Wildman–Crippen MR) is 156 cm³/mol. The number of aliphatic hydroxyl groups is 2. The van der Waals surface area contributed by atoms with E-state index in [1.165, 1.54) is 20.3 Å². The molecule has 1 amide bonds. The van der Waals surface area contributed by atoms with E-state index in [-0.39, 0.29) is 24.5 Å². The Morgan fingerprint density at radius 3 is 2.45 bits per heavy atom. The maximum atomic E-state index is 13.3. The number of carboxylic acids is 1. The third-order valence-corrected chi connectivity index (χ3v) is 8.70. The summed E-state index contributed by atoms with van der Waals surface area (Å²) in [6.45, 7) is 11.9. The van der Waals surface area contributed by atoms with E-state index >= 15 is 0 Å². The fourth-order valence-corrected chi connectivity index (χ4v) is 5.65. The van der Waals surface area contributed by atoms with Crippen molar-refractivity contribution in [3.8, 4) is 0 Å². The number of hydrogen-bond donors (Lipinski definition) is 4. The third-order valence-electron chi connectivity index (χ3n) is 8.70. The highest BCUT2D eigenvalue weighted by Crippen LogP contribution is 2.42. The van der Waals surface area contributed by atoms with E-state index in [2.05, 4.69) is 11.9 Å². The topological polar surface area (TPSA) is 153 Å². The van der Waals surface area contributed by atoms with Crippen LogP contribution in [0.25, 0.3) is 0 Å². The number of methoxy groups -OCH3 is 3. The third kappa shape index (κ3) is 9.19. The summed E-state index contributed by atoms with van der Waals surface area (Å²) in [5, 5.41) is 33.3. The Kier molecular flexibility index (Phi) is 13.8. The van der Waals surface area contributed by atoms with Crippen LogP contribution in [0, 0.1) is 11.3 Å². The van der Waals surface area contributed by atoms with E-state index in [1.54, 1.807) is 13.2 Å². The summed E-state index contributed by atoms with van der Waals surface area (Å²) in [5.41, 5.74) is 0.373. The van der Waals surface area contributed by atoms with E-state index < -0.39 is 53.7 Å². The lowest BCUT2D eigenvalue weighted by molar-refractivity contribution is -0.298. The lowest BCUT2D eigenvalue weighted by atomic mass is 9.73. The molecule has 4 N–H and O–H groups in total. The Hall–Kier alpha value is -2.12. The summed E-state index contributed by atoms with van der Waals surface area (Å²) in [6.07, 6.45) is 4.09. The van der Waals surface area contributed by atoms with Crippen molar-refractivity contribution in [2.45, 2.75) is 115 Å². The number of amides is 1. The second-order valence-corrected chi connectivity index (χ2v) is 11.9. The Labute approximate surface area is 249 Å². The first-order valence-electron chi connectivity index (χ1n) is 14.6. The number of allylic oxidation sites excluding steroid dienone is 3. The van der Waals surface area contributed by atoms with Gasteiger partial charge in [-0.05, 0) is 26.2 Å². The SMILES string of the molecule is C=C1C[C@](OC)([C@H](O)C(=O)N[C@H](OC)[C@@H]2C[C@@H](OC)C(C)(C)[C@@H](CC(O)CCC/C=C/C=C/C(=O)O)O2)O[C@H](C)[C@@H]1C. The zero-order chi connectivity index (χ0) is 31.7. The van der Waals surface area contributed by atoms with Gasteiger partial charge in [-0.15, -0.1) is 0 Å². The van der Waals surface area contributed by atoms with Gasteiger partial charge in [0.05, 0.1) is 24.4 Å². The molecule has 2 aliphatic rings. The number of rotatable bonds is 15. The molecule has 42 heavy (non-hydrogen) atoms. The van der Waals surface area contributed by atoms with Crippen LogP contribution in [-0.2, 0) is 33.3 Å². The van der Waals surface area contributed by atoms with Crippen LogP contribution in [0.3, 0.4) is 0 Å². The first-order valence-corrected chi connectivity index (χ1v) is 14.6. The van der Waals surface area contributed by atoms with Crippen LogP contribution in [0.5, 0.6) is 0 Å². The maximum absolute atomic E-state index is 13.3.